The van der Waals surface area contributed by atoms with Crippen molar-refractivity contribution < 1.29 is 26.4 Å². The Labute approximate surface area is 205 Å². The first-order valence-corrected chi connectivity index (χ1v) is 12.5. The van der Waals surface area contributed by atoms with Crippen LogP contribution in [0.3, 0.4) is 0 Å². The van der Waals surface area contributed by atoms with Crippen LogP contribution in [0.25, 0.3) is 0 Å². The number of hydrogen-bond donors (Lipinski definition) is 3. The Morgan fingerprint density at radius 2 is 1.92 bits per heavy atom. The number of para-hydroxylation sites is 1. The maximum Gasteiger partial charge on any atom is 0.421 e. The van der Waals surface area contributed by atoms with Crippen molar-refractivity contribution in [1.82, 2.24) is 9.97 Å². The van der Waals surface area contributed by atoms with Crippen molar-refractivity contribution in [3.05, 3.63) is 65.4 Å². The summed E-state index contributed by atoms with van der Waals surface area (Å²) in [7, 11) is -2.18. The third kappa shape index (κ3) is 5.35. The molecule has 0 bridgehead atoms. The van der Waals surface area contributed by atoms with E-state index in [1.165, 1.54) is 14.0 Å². The molecule has 0 radical (unpaired) electrons. The van der Waals surface area contributed by atoms with Gasteiger partial charge in [0.05, 0.1) is 17.9 Å². The van der Waals surface area contributed by atoms with Crippen LogP contribution in [0.5, 0.6) is 0 Å². The number of halogens is 3. The van der Waals surface area contributed by atoms with Crippen molar-refractivity contribution in [2.75, 3.05) is 33.1 Å². The predicted molar refractivity (Wildman–Crippen MR) is 131 cm³/mol. The molecule has 36 heavy (non-hydrogen) atoms. The highest BCUT2D eigenvalue weighted by molar-refractivity contribution is 7.92. The Kier molecular flexibility index (Phi) is 6.76. The summed E-state index contributed by atoms with van der Waals surface area (Å²) >= 11 is 0. The zero-order chi connectivity index (χ0) is 26.1. The van der Waals surface area contributed by atoms with E-state index < -0.39 is 27.6 Å². The molecule has 2 aromatic carbocycles. The lowest BCUT2D eigenvalue weighted by Crippen LogP contribution is -2.29. The lowest BCUT2D eigenvalue weighted by atomic mass is 10.1. The summed E-state index contributed by atoms with van der Waals surface area (Å²) in [6.45, 7) is 1.39. The molecule has 9 nitrogen and oxygen atoms in total. The summed E-state index contributed by atoms with van der Waals surface area (Å²) in [5.41, 5.74) is 1.65. The van der Waals surface area contributed by atoms with Crippen LogP contribution in [-0.4, -0.2) is 37.1 Å². The van der Waals surface area contributed by atoms with Crippen molar-refractivity contribution >= 4 is 44.8 Å². The van der Waals surface area contributed by atoms with Crippen LogP contribution in [0.15, 0.2) is 48.7 Å². The number of aromatic nitrogens is 2. The van der Waals surface area contributed by atoms with Gasteiger partial charge >= 0.3 is 6.18 Å². The van der Waals surface area contributed by atoms with Gasteiger partial charge in [0.2, 0.25) is 21.9 Å². The van der Waals surface area contributed by atoms with Gasteiger partial charge in [0.15, 0.2) is 0 Å². The van der Waals surface area contributed by atoms with Crippen molar-refractivity contribution in [2.24, 2.45) is 0 Å². The number of anilines is 5. The molecule has 1 aliphatic heterocycles. The lowest BCUT2D eigenvalue weighted by molar-refractivity contribution is -0.137. The molecule has 0 saturated heterocycles. The van der Waals surface area contributed by atoms with Gasteiger partial charge in [-0.1, -0.05) is 24.3 Å². The van der Waals surface area contributed by atoms with E-state index in [4.69, 9.17) is 0 Å². The summed E-state index contributed by atoms with van der Waals surface area (Å²) in [6.07, 6.45) is -3.79. The molecule has 0 saturated carbocycles. The number of fused-ring (bicyclic) bond motifs is 1. The molecule has 1 aromatic heterocycles. The monoisotopic (exact) mass is 520 g/mol. The number of alkyl halides is 3. The Balaban J connectivity index is 1.61. The SMILES string of the molecule is CCS(=O)(=O)N(C)c1ccccc1CNc1nc(Nc2ccc3c(c2)NC(=O)C3)ncc1C(F)(F)F. The molecule has 0 atom stereocenters. The van der Waals surface area contributed by atoms with Gasteiger partial charge in [-0.05, 0) is 36.2 Å². The summed E-state index contributed by atoms with van der Waals surface area (Å²) in [4.78, 5) is 19.4. The number of rotatable bonds is 8. The van der Waals surface area contributed by atoms with E-state index >= 15 is 0 Å². The molecule has 3 aromatic rings. The fraction of sp³-hybridized carbons (Fsp3) is 0.261. The molecule has 3 N–H and O–H groups in total. The van der Waals surface area contributed by atoms with Crippen LogP contribution in [-0.2, 0) is 34.0 Å². The molecule has 0 unspecified atom stereocenters. The van der Waals surface area contributed by atoms with Gasteiger partial charge in [0, 0.05) is 31.2 Å². The first-order valence-electron chi connectivity index (χ1n) is 10.9. The van der Waals surface area contributed by atoms with E-state index in [-0.39, 0.29) is 30.6 Å². The first-order chi connectivity index (χ1) is 17.0. The second-order valence-electron chi connectivity index (χ2n) is 8.03. The minimum absolute atomic E-state index is 0.0891. The zero-order valence-electron chi connectivity index (χ0n) is 19.3. The second kappa shape index (κ2) is 9.64. The molecule has 2 heterocycles. The number of nitrogens with zero attached hydrogens (tertiary/aromatic N) is 3. The summed E-state index contributed by atoms with van der Waals surface area (Å²) in [6, 6.07) is 11.6. The highest BCUT2D eigenvalue weighted by Crippen LogP contribution is 2.35. The summed E-state index contributed by atoms with van der Waals surface area (Å²) in [5.74, 6) is -0.826. The predicted octanol–water partition coefficient (Wildman–Crippen LogP) is 4.13. The number of amides is 1. The minimum atomic E-state index is -4.72. The van der Waals surface area contributed by atoms with Crippen molar-refractivity contribution in [3.63, 3.8) is 0 Å². The van der Waals surface area contributed by atoms with Crippen molar-refractivity contribution in [3.8, 4) is 0 Å². The van der Waals surface area contributed by atoms with Gasteiger partial charge in [-0.3, -0.25) is 9.10 Å². The van der Waals surface area contributed by atoms with E-state index in [1.807, 2.05) is 0 Å². The van der Waals surface area contributed by atoms with Gasteiger partial charge < -0.3 is 16.0 Å². The van der Waals surface area contributed by atoms with E-state index in [2.05, 4.69) is 25.9 Å². The van der Waals surface area contributed by atoms with Crippen LogP contribution < -0.4 is 20.3 Å². The average Bonchev–Trinajstić information content (AvgIpc) is 3.21. The first kappa shape index (κ1) is 25.2. The molecular formula is C23H23F3N6O3S. The van der Waals surface area contributed by atoms with Gasteiger partial charge in [0.1, 0.15) is 11.4 Å². The Morgan fingerprint density at radius 3 is 2.64 bits per heavy atom. The topological polar surface area (TPSA) is 116 Å². The fourth-order valence-corrected chi connectivity index (χ4v) is 4.56. The van der Waals surface area contributed by atoms with Gasteiger partial charge in [-0.15, -0.1) is 0 Å². The van der Waals surface area contributed by atoms with Crippen LogP contribution in [0, 0.1) is 0 Å². The number of benzene rings is 2. The highest BCUT2D eigenvalue weighted by Gasteiger charge is 2.35. The molecule has 0 fully saturated rings. The fourth-order valence-electron chi connectivity index (χ4n) is 3.70. The van der Waals surface area contributed by atoms with E-state index in [0.717, 1.165) is 9.87 Å². The molecule has 13 heteroatoms. The third-order valence-corrected chi connectivity index (χ3v) is 7.41. The van der Waals surface area contributed by atoms with Crippen molar-refractivity contribution in [1.29, 1.82) is 0 Å². The number of hydrogen-bond acceptors (Lipinski definition) is 7. The molecule has 0 spiro atoms. The molecule has 190 valence electrons. The lowest BCUT2D eigenvalue weighted by Gasteiger charge is -2.22. The maximum absolute atomic E-state index is 13.7. The van der Waals surface area contributed by atoms with Gasteiger partial charge in [-0.2, -0.15) is 18.2 Å². The number of carbonyl (C=O) groups excluding carboxylic acids is 1. The zero-order valence-corrected chi connectivity index (χ0v) is 20.2. The molecule has 4 rings (SSSR count). The number of sulfonamides is 1. The quantitative estimate of drug-likeness (QED) is 0.409. The van der Waals surface area contributed by atoms with Crippen LogP contribution in [0.2, 0.25) is 0 Å². The highest BCUT2D eigenvalue weighted by atomic mass is 32.2. The van der Waals surface area contributed by atoms with Gasteiger partial charge in [-0.25, -0.2) is 13.4 Å². The van der Waals surface area contributed by atoms with Gasteiger partial charge in [0.25, 0.3) is 0 Å². The smallest absolute Gasteiger partial charge is 0.365 e. The molecule has 1 amide bonds. The standard InChI is InChI=1S/C23H23F3N6O3S/c1-3-36(34,35)32(2)19-7-5-4-6-15(19)12-27-21-17(23(24,25)26)13-28-22(31-21)29-16-9-8-14-10-20(33)30-18(14)11-16/h4-9,11,13H,3,10,12H2,1-2H3,(H,30,33)(H2,27,28,29,31). The van der Waals surface area contributed by atoms with E-state index in [0.29, 0.717) is 28.8 Å². The van der Waals surface area contributed by atoms with Crippen LogP contribution in [0.1, 0.15) is 23.6 Å². The van der Waals surface area contributed by atoms with Crippen LogP contribution in [0.4, 0.5) is 42.0 Å². The largest absolute Gasteiger partial charge is 0.421 e. The normalized spacial score (nSPS) is 13.2. The average molecular weight is 521 g/mol. The third-order valence-electron chi connectivity index (χ3n) is 5.64. The van der Waals surface area contributed by atoms with E-state index in [9.17, 15) is 26.4 Å². The Morgan fingerprint density at radius 1 is 1.17 bits per heavy atom. The Bertz CT molecular complexity index is 1410. The molecular weight excluding hydrogens is 497 g/mol. The maximum atomic E-state index is 13.7. The molecule has 1 aliphatic rings. The number of nitrogens with one attached hydrogen (secondary N) is 3. The summed E-state index contributed by atoms with van der Waals surface area (Å²) in [5, 5.41) is 8.24. The second-order valence-corrected chi connectivity index (χ2v) is 10.3. The number of carbonyl (C=O) groups is 1. The molecule has 0 aliphatic carbocycles. The Hall–Kier alpha value is -3.87. The van der Waals surface area contributed by atoms with Crippen molar-refractivity contribution in [2.45, 2.75) is 26.1 Å². The summed E-state index contributed by atoms with van der Waals surface area (Å²) < 4.78 is 66.7. The van der Waals surface area contributed by atoms with Crippen LogP contribution >= 0.6 is 0 Å². The minimum Gasteiger partial charge on any atom is -0.365 e. The van der Waals surface area contributed by atoms with E-state index in [1.54, 1.807) is 42.5 Å².